The molecule has 0 aliphatic carbocycles. The zero-order chi connectivity index (χ0) is 17.2. The fourth-order valence-corrected chi connectivity index (χ4v) is 3.20. The highest BCUT2D eigenvalue weighted by atomic mass is 35.5. The van der Waals surface area contributed by atoms with Gasteiger partial charge in [0, 0.05) is 19.5 Å². The van der Waals surface area contributed by atoms with Crippen LogP contribution < -0.4 is 10.1 Å². The largest absolute Gasteiger partial charge is 0.494 e. The van der Waals surface area contributed by atoms with Crippen LogP contribution >= 0.6 is 12.4 Å². The second-order valence-electron chi connectivity index (χ2n) is 6.71. The second-order valence-corrected chi connectivity index (χ2v) is 6.71. The number of carbonyl (C=O) groups excluding carboxylic acids is 1. The van der Waals surface area contributed by atoms with E-state index < -0.39 is 0 Å². The number of ether oxygens (including phenoxy) is 1. The van der Waals surface area contributed by atoms with E-state index in [4.69, 9.17) is 4.74 Å². The van der Waals surface area contributed by atoms with Gasteiger partial charge in [-0.3, -0.25) is 4.79 Å². The maximum absolute atomic E-state index is 12.4. The van der Waals surface area contributed by atoms with Crippen molar-refractivity contribution in [3.05, 3.63) is 29.8 Å². The number of hydrogen-bond acceptors (Lipinski definition) is 3. The Balaban J connectivity index is 0.00000312. The van der Waals surface area contributed by atoms with Crippen LogP contribution in [-0.4, -0.2) is 44.1 Å². The highest BCUT2D eigenvalue weighted by Gasteiger charge is 2.22. The van der Waals surface area contributed by atoms with Gasteiger partial charge < -0.3 is 15.0 Å². The van der Waals surface area contributed by atoms with Gasteiger partial charge in [0.15, 0.2) is 0 Å². The van der Waals surface area contributed by atoms with Gasteiger partial charge in [0.1, 0.15) is 5.75 Å². The third-order valence-corrected chi connectivity index (χ3v) is 4.79. The van der Waals surface area contributed by atoms with Crippen LogP contribution in [0.15, 0.2) is 24.3 Å². The Bertz CT molecular complexity index is 485. The topological polar surface area (TPSA) is 41.6 Å². The normalized spacial score (nSPS) is 14.9. The molecule has 2 rings (SSSR count). The summed E-state index contributed by atoms with van der Waals surface area (Å²) in [6, 6.07) is 8.15. The van der Waals surface area contributed by atoms with Gasteiger partial charge in [0.25, 0.3) is 0 Å². The van der Waals surface area contributed by atoms with E-state index in [9.17, 15) is 4.79 Å². The number of piperidine rings is 1. The number of likely N-dealkylation sites (tertiary alicyclic amines) is 1. The van der Waals surface area contributed by atoms with Crippen LogP contribution in [0.4, 0.5) is 0 Å². The molecule has 0 spiro atoms. The summed E-state index contributed by atoms with van der Waals surface area (Å²) in [5, 5.41) is 3.21. The van der Waals surface area contributed by atoms with E-state index >= 15 is 0 Å². The predicted octanol–water partition coefficient (Wildman–Crippen LogP) is 3.68. The Labute approximate surface area is 158 Å². The molecule has 25 heavy (non-hydrogen) atoms. The first-order valence-corrected chi connectivity index (χ1v) is 9.37. The molecule has 0 unspecified atom stereocenters. The summed E-state index contributed by atoms with van der Waals surface area (Å²) >= 11 is 0. The third kappa shape index (κ3) is 7.66. The van der Waals surface area contributed by atoms with Crippen molar-refractivity contribution in [2.45, 2.75) is 45.4 Å². The molecular formula is C20H33ClN2O2. The first-order chi connectivity index (χ1) is 11.7. The van der Waals surface area contributed by atoms with Crippen LogP contribution in [-0.2, 0) is 11.2 Å². The maximum Gasteiger partial charge on any atom is 0.222 e. The van der Waals surface area contributed by atoms with Crippen molar-refractivity contribution in [2.75, 3.05) is 33.3 Å². The van der Waals surface area contributed by atoms with Crippen LogP contribution in [0, 0.1) is 5.92 Å². The van der Waals surface area contributed by atoms with Crippen molar-refractivity contribution in [1.29, 1.82) is 0 Å². The fourth-order valence-electron chi connectivity index (χ4n) is 3.20. The molecule has 142 valence electrons. The number of benzene rings is 1. The van der Waals surface area contributed by atoms with Crippen molar-refractivity contribution in [3.8, 4) is 5.75 Å². The lowest BCUT2D eigenvalue weighted by atomic mass is 9.93. The summed E-state index contributed by atoms with van der Waals surface area (Å²) in [4.78, 5) is 14.4. The van der Waals surface area contributed by atoms with Crippen molar-refractivity contribution in [1.82, 2.24) is 10.2 Å². The van der Waals surface area contributed by atoms with E-state index in [1.165, 1.54) is 12.0 Å². The molecule has 5 heteroatoms. The summed E-state index contributed by atoms with van der Waals surface area (Å²) in [5.41, 5.74) is 1.20. The number of hydrogen-bond donors (Lipinski definition) is 1. The number of nitrogens with zero attached hydrogens (tertiary/aromatic N) is 1. The molecule has 1 fully saturated rings. The molecule has 0 aromatic heterocycles. The average molecular weight is 369 g/mol. The minimum absolute atomic E-state index is 0. The number of halogens is 1. The Morgan fingerprint density at radius 2 is 1.92 bits per heavy atom. The highest BCUT2D eigenvalue weighted by molar-refractivity contribution is 5.85. The Hall–Kier alpha value is -1.26. The molecule has 0 radical (unpaired) electrons. The summed E-state index contributed by atoms with van der Waals surface area (Å²) < 4.78 is 5.59. The molecule has 1 aromatic rings. The molecular weight excluding hydrogens is 336 g/mol. The number of amides is 1. The van der Waals surface area contributed by atoms with Crippen molar-refractivity contribution >= 4 is 18.3 Å². The minimum atomic E-state index is 0. The number of nitrogens with one attached hydrogen (secondary N) is 1. The molecule has 1 amide bonds. The average Bonchev–Trinajstić information content (AvgIpc) is 2.64. The Morgan fingerprint density at radius 1 is 1.24 bits per heavy atom. The molecule has 0 bridgehead atoms. The standard InChI is InChI=1S/C20H32N2O2.ClH/c1-3-16-24-19-7-4-17(5-8-19)6-9-20(23)22-14-11-18(12-15-22)10-13-21-2;/h4-5,7-8,18,21H,3,6,9-16H2,1-2H3;1H. The van der Waals surface area contributed by atoms with Gasteiger partial charge in [0.2, 0.25) is 5.91 Å². The highest BCUT2D eigenvalue weighted by Crippen LogP contribution is 2.21. The van der Waals surface area contributed by atoms with Gasteiger partial charge in [-0.25, -0.2) is 0 Å². The lowest BCUT2D eigenvalue weighted by Gasteiger charge is -2.32. The minimum Gasteiger partial charge on any atom is -0.494 e. The smallest absolute Gasteiger partial charge is 0.222 e. The molecule has 0 saturated carbocycles. The van der Waals surface area contributed by atoms with Crippen LogP contribution in [0.1, 0.15) is 44.6 Å². The van der Waals surface area contributed by atoms with Crippen molar-refractivity contribution in [2.24, 2.45) is 5.92 Å². The van der Waals surface area contributed by atoms with Gasteiger partial charge in [-0.1, -0.05) is 19.1 Å². The monoisotopic (exact) mass is 368 g/mol. The van der Waals surface area contributed by atoms with Gasteiger partial charge in [-0.2, -0.15) is 0 Å². The predicted molar refractivity (Wildman–Crippen MR) is 106 cm³/mol. The molecule has 1 heterocycles. The first kappa shape index (κ1) is 21.8. The van der Waals surface area contributed by atoms with E-state index in [0.29, 0.717) is 12.3 Å². The third-order valence-electron chi connectivity index (χ3n) is 4.79. The SMILES string of the molecule is CCCOc1ccc(CCC(=O)N2CCC(CCNC)CC2)cc1.Cl. The molecule has 4 nitrogen and oxygen atoms in total. The molecule has 1 saturated heterocycles. The summed E-state index contributed by atoms with van der Waals surface area (Å²) in [5.74, 6) is 1.99. The molecule has 1 N–H and O–H groups in total. The van der Waals surface area contributed by atoms with E-state index in [1.54, 1.807) is 0 Å². The molecule has 1 aliphatic rings. The second kappa shape index (κ2) is 12.2. The lowest BCUT2D eigenvalue weighted by molar-refractivity contribution is -0.132. The summed E-state index contributed by atoms with van der Waals surface area (Å²) in [6.07, 6.45) is 5.96. The number of carbonyl (C=O) groups is 1. The lowest BCUT2D eigenvalue weighted by Crippen LogP contribution is -2.39. The number of aryl methyl sites for hydroxylation is 1. The van der Waals surface area contributed by atoms with Gasteiger partial charge >= 0.3 is 0 Å². The van der Waals surface area contributed by atoms with Crippen molar-refractivity contribution in [3.63, 3.8) is 0 Å². The van der Waals surface area contributed by atoms with E-state index in [1.807, 2.05) is 19.2 Å². The molecule has 1 aliphatic heterocycles. The van der Waals surface area contributed by atoms with E-state index in [2.05, 4.69) is 29.3 Å². The van der Waals surface area contributed by atoms with E-state index in [0.717, 1.165) is 63.6 Å². The van der Waals surface area contributed by atoms with Crippen LogP contribution in [0.25, 0.3) is 0 Å². The quantitative estimate of drug-likeness (QED) is 0.723. The molecule has 0 atom stereocenters. The van der Waals surface area contributed by atoms with Crippen LogP contribution in [0.5, 0.6) is 5.75 Å². The molecule has 1 aromatic carbocycles. The first-order valence-electron chi connectivity index (χ1n) is 9.37. The summed E-state index contributed by atoms with van der Waals surface area (Å²) in [7, 11) is 2.00. The zero-order valence-corrected chi connectivity index (χ0v) is 16.4. The maximum atomic E-state index is 12.4. The summed E-state index contributed by atoms with van der Waals surface area (Å²) in [6.45, 7) is 5.79. The van der Waals surface area contributed by atoms with Crippen LogP contribution in [0.3, 0.4) is 0 Å². The Kier molecular flexibility index (Phi) is 10.6. The fraction of sp³-hybridized carbons (Fsp3) is 0.650. The van der Waals surface area contributed by atoms with Gasteiger partial charge in [0.05, 0.1) is 6.61 Å². The van der Waals surface area contributed by atoms with Gasteiger partial charge in [-0.15, -0.1) is 12.4 Å². The zero-order valence-electron chi connectivity index (χ0n) is 15.6. The van der Waals surface area contributed by atoms with Gasteiger partial charge in [-0.05, 0) is 69.3 Å². The number of rotatable bonds is 9. The van der Waals surface area contributed by atoms with Crippen LogP contribution in [0.2, 0.25) is 0 Å². The Morgan fingerprint density at radius 3 is 2.52 bits per heavy atom. The van der Waals surface area contributed by atoms with Crippen molar-refractivity contribution < 1.29 is 9.53 Å². The van der Waals surface area contributed by atoms with E-state index in [-0.39, 0.29) is 12.4 Å².